The second kappa shape index (κ2) is 8.99. The molecule has 0 radical (unpaired) electrons. The molecule has 0 aromatic heterocycles. The van der Waals surface area contributed by atoms with Crippen LogP contribution in [0.4, 0.5) is 5.69 Å². The lowest BCUT2D eigenvalue weighted by molar-refractivity contribution is 0.402. The Morgan fingerprint density at radius 2 is 1.15 bits per heavy atom. The van der Waals surface area contributed by atoms with E-state index < -0.39 is 54.4 Å². The highest BCUT2D eigenvalue weighted by Crippen LogP contribution is 2.49. The molecule has 1 aliphatic rings. The van der Waals surface area contributed by atoms with Gasteiger partial charge in [-0.2, -0.15) is 0 Å². The van der Waals surface area contributed by atoms with Crippen molar-refractivity contribution in [1.29, 1.82) is 0 Å². The van der Waals surface area contributed by atoms with Crippen LogP contribution in [-0.4, -0.2) is 54.0 Å². The number of fused-ring (bicyclic) bond motifs is 3. The number of anilines is 1. The zero-order valence-corrected chi connectivity index (χ0v) is 21.5. The van der Waals surface area contributed by atoms with Crippen molar-refractivity contribution >= 4 is 25.5 Å². The van der Waals surface area contributed by atoms with Crippen LogP contribution in [-0.2, 0) is 26.3 Å². The summed E-state index contributed by atoms with van der Waals surface area (Å²) in [4.78, 5) is -0.622. The van der Waals surface area contributed by atoms with Gasteiger partial charge in [0.15, 0.2) is 34.5 Å². The summed E-state index contributed by atoms with van der Waals surface area (Å²) in [5.41, 5.74) is 0.835. The summed E-state index contributed by atoms with van der Waals surface area (Å²) in [6.07, 6.45) is 0.111. The van der Waals surface area contributed by atoms with E-state index in [1.165, 1.54) is 24.3 Å². The number of hydrogen-bond acceptors (Lipinski definition) is 10. The summed E-state index contributed by atoms with van der Waals surface area (Å²) in [5.74, 6) is -3.33. The lowest BCUT2D eigenvalue weighted by Gasteiger charge is -2.32. The predicted octanol–water partition coefficient (Wildman–Crippen LogP) is 3.17. The molecular formula is C26H21NO10S2. The quantitative estimate of drug-likeness (QED) is 0.194. The smallest absolute Gasteiger partial charge is 0.265 e. The van der Waals surface area contributed by atoms with E-state index >= 15 is 0 Å². The fraction of sp³-hybridized carbons (Fsp3) is 0.0769. The monoisotopic (exact) mass is 571 g/mol. The molecule has 0 amide bonds. The predicted molar refractivity (Wildman–Crippen MR) is 138 cm³/mol. The molecule has 1 aliphatic heterocycles. The zero-order chi connectivity index (χ0) is 28.3. The van der Waals surface area contributed by atoms with E-state index in [-0.39, 0.29) is 44.5 Å². The minimum atomic E-state index is -4.28. The molecule has 6 N–H and O–H groups in total. The lowest BCUT2D eigenvalue weighted by atomic mass is 10.0. The maximum atomic E-state index is 13.5. The van der Waals surface area contributed by atoms with Crippen LogP contribution in [0, 0.1) is 0 Å². The molecule has 0 saturated heterocycles. The van der Waals surface area contributed by atoms with Crippen LogP contribution >= 0.6 is 0 Å². The van der Waals surface area contributed by atoms with Gasteiger partial charge in [-0.1, -0.05) is 12.1 Å². The highest BCUT2D eigenvalue weighted by Gasteiger charge is 2.36. The molecule has 0 unspecified atom stereocenters. The van der Waals surface area contributed by atoms with E-state index in [4.69, 9.17) is 0 Å². The van der Waals surface area contributed by atoms with Crippen molar-refractivity contribution in [3.8, 4) is 45.6 Å². The Hall–Kier alpha value is -4.62. The first kappa shape index (κ1) is 26.0. The molecule has 5 rings (SSSR count). The van der Waals surface area contributed by atoms with E-state index in [1.54, 1.807) is 0 Å². The second-order valence-corrected chi connectivity index (χ2v) is 12.6. The number of sulfone groups is 1. The third-order valence-electron chi connectivity index (χ3n) is 6.39. The fourth-order valence-electron chi connectivity index (χ4n) is 4.33. The normalized spacial score (nSPS) is 14.0. The number of hydrogen-bond donors (Lipinski definition) is 6. The first-order valence-electron chi connectivity index (χ1n) is 11.3. The van der Waals surface area contributed by atoms with Gasteiger partial charge in [0.25, 0.3) is 10.0 Å². The molecule has 4 aromatic rings. The Kier molecular flexibility index (Phi) is 6.00. The molecule has 0 fully saturated rings. The molecule has 0 saturated carbocycles. The number of benzene rings is 4. The van der Waals surface area contributed by atoms with Crippen molar-refractivity contribution < 1.29 is 47.5 Å². The SMILES string of the molecule is O=S(=O)(c1ccc(CCN2c3cc(O)c(O)cc3-c3cc(O)c(O)cc3S2(=O)=O)cc1)c1ccc(O)c(O)c1. The summed E-state index contributed by atoms with van der Waals surface area (Å²) in [7, 11) is -8.29. The highest BCUT2D eigenvalue weighted by molar-refractivity contribution is 7.93. The first-order valence-corrected chi connectivity index (χ1v) is 14.2. The van der Waals surface area contributed by atoms with Crippen molar-refractivity contribution in [3.05, 3.63) is 72.3 Å². The summed E-state index contributed by atoms with van der Waals surface area (Å²) in [6, 6.07) is 13.0. The van der Waals surface area contributed by atoms with Gasteiger partial charge in [-0.3, -0.25) is 4.31 Å². The number of phenols is 6. The zero-order valence-electron chi connectivity index (χ0n) is 19.8. The fourth-order valence-corrected chi connectivity index (χ4v) is 7.30. The van der Waals surface area contributed by atoms with Crippen LogP contribution in [0.3, 0.4) is 0 Å². The number of aromatic hydroxyl groups is 6. The molecule has 1 heterocycles. The second-order valence-electron chi connectivity index (χ2n) is 8.82. The Morgan fingerprint density at radius 1 is 0.615 bits per heavy atom. The Morgan fingerprint density at radius 3 is 1.79 bits per heavy atom. The van der Waals surface area contributed by atoms with E-state index in [2.05, 4.69) is 0 Å². The van der Waals surface area contributed by atoms with Crippen LogP contribution in [0.15, 0.2) is 81.4 Å². The molecule has 4 aromatic carbocycles. The van der Waals surface area contributed by atoms with Crippen LogP contribution in [0.1, 0.15) is 5.56 Å². The molecule has 0 aliphatic carbocycles. The average molecular weight is 572 g/mol. The largest absolute Gasteiger partial charge is 0.504 e. The van der Waals surface area contributed by atoms with Crippen LogP contribution in [0.5, 0.6) is 34.5 Å². The van der Waals surface area contributed by atoms with Gasteiger partial charge in [-0.25, -0.2) is 16.8 Å². The number of sulfonamides is 1. The minimum absolute atomic E-state index is 0.0293. The molecule has 0 atom stereocenters. The molecule has 202 valence electrons. The summed E-state index contributed by atoms with van der Waals surface area (Å²) in [5, 5.41) is 59.1. The summed E-state index contributed by atoms with van der Waals surface area (Å²) >= 11 is 0. The maximum absolute atomic E-state index is 13.5. The van der Waals surface area contributed by atoms with Crippen LogP contribution in [0.2, 0.25) is 0 Å². The third-order valence-corrected chi connectivity index (χ3v) is 10.0. The molecule has 13 heteroatoms. The molecule has 0 bridgehead atoms. The van der Waals surface area contributed by atoms with Crippen molar-refractivity contribution in [3.63, 3.8) is 0 Å². The van der Waals surface area contributed by atoms with Gasteiger partial charge >= 0.3 is 0 Å². The van der Waals surface area contributed by atoms with Gasteiger partial charge in [0.2, 0.25) is 9.84 Å². The summed E-state index contributed by atoms with van der Waals surface area (Å²) in [6.45, 7) is -0.154. The van der Waals surface area contributed by atoms with Gasteiger partial charge < -0.3 is 30.6 Å². The van der Waals surface area contributed by atoms with Crippen LogP contribution < -0.4 is 4.31 Å². The minimum Gasteiger partial charge on any atom is -0.504 e. The number of phenolic OH excluding ortho intramolecular Hbond substituents is 6. The highest BCUT2D eigenvalue weighted by atomic mass is 32.2. The maximum Gasteiger partial charge on any atom is 0.265 e. The number of nitrogens with zero attached hydrogens (tertiary/aromatic N) is 1. The van der Waals surface area contributed by atoms with Crippen molar-refractivity contribution in [2.24, 2.45) is 0 Å². The lowest BCUT2D eigenvalue weighted by Crippen LogP contribution is -2.36. The van der Waals surface area contributed by atoms with Crippen LogP contribution in [0.25, 0.3) is 11.1 Å². The van der Waals surface area contributed by atoms with E-state index in [1.807, 2.05) is 0 Å². The third kappa shape index (κ3) is 4.30. The van der Waals surface area contributed by atoms with E-state index in [9.17, 15) is 47.5 Å². The van der Waals surface area contributed by atoms with Gasteiger partial charge in [-0.15, -0.1) is 0 Å². The van der Waals surface area contributed by atoms with E-state index in [0.717, 1.165) is 46.8 Å². The average Bonchev–Trinajstić information content (AvgIpc) is 2.88. The first-order chi connectivity index (χ1) is 18.3. The molecule has 0 spiro atoms. The number of rotatable bonds is 5. The Balaban J connectivity index is 1.47. The van der Waals surface area contributed by atoms with E-state index in [0.29, 0.717) is 5.56 Å². The van der Waals surface area contributed by atoms with Gasteiger partial charge in [0, 0.05) is 35.9 Å². The molecule has 39 heavy (non-hydrogen) atoms. The van der Waals surface area contributed by atoms with Gasteiger partial charge in [0.1, 0.15) is 0 Å². The standard InChI is InChI=1S/C26H21NO10S2/c28-20-6-5-16(9-21(20)29)38(34,35)15-3-1-14(2-4-15)7-8-27-19-12-24(32)22(30)10-17(19)18-11-23(31)25(33)13-26(18)39(27,36)37/h1-6,9-13,28-33H,7-8H2. The Labute approximate surface area is 222 Å². The molecule has 11 nitrogen and oxygen atoms in total. The van der Waals surface area contributed by atoms with Crippen molar-refractivity contribution in [1.82, 2.24) is 0 Å². The Bertz CT molecular complexity index is 1850. The molecular weight excluding hydrogens is 550 g/mol. The van der Waals surface area contributed by atoms with Crippen molar-refractivity contribution in [2.75, 3.05) is 10.8 Å². The summed E-state index contributed by atoms with van der Waals surface area (Å²) < 4.78 is 53.8. The topological polar surface area (TPSA) is 193 Å². The van der Waals surface area contributed by atoms with Crippen molar-refractivity contribution in [2.45, 2.75) is 21.1 Å². The van der Waals surface area contributed by atoms with Gasteiger partial charge in [0.05, 0.1) is 20.4 Å². The van der Waals surface area contributed by atoms with Gasteiger partial charge in [-0.05, 0) is 48.4 Å².